The van der Waals surface area contributed by atoms with Gasteiger partial charge in [0.1, 0.15) is 0 Å². The Balaban J connectivity index is 2.22. The number of benzene rings is 1. The molecule has 108 valence electrons. The number of nitrogens with zero attached hydrogens (tertiary/aromatic N) is 2. The quantitative estimate of drug-likeness (QED) is 0.837. The van der Waals surface area contributed by atoms with Crippen molar-refractivity contribution in [3.63, 3.8) is 0 Å². The number of hydrogen-bond donors (Lipinski definition) is 1. The summed E-state index contributed by atoms with van der Waals surface area (Å²) in [5, 5.41) is 8.23. The third-order valence-corrected chi connectivity index (χ3v) is 3.64. The van der Waals surface area contributed by atoms with Gasteiger partial charge in [0.15, 0.2) is 0 Å². The van der Waals surface area contributed by atoms with Crippen molar-refractivity contribution in [1.82, 2.24) is 15.1 Å². The highest BCUT2D eigenvalue weighted by Gasteiger charge is 2.14. The zero-order chi connectivity index (χ0) is 14.4. The largest absolute Gasteiger partial charge is 0.310 e. The summed E-state index contributed by atoms with van der Waals surface area (Å²) in [5.41, 5.74) is 3.85. The van der Waals surface area contributed by atoms with E-state index >= 15 is 0 Å². The first-order chi connectivity index (χ1) is 9.78. The van der Waals surface area contributed by atoms with Gasteiger partial charge in [-0.15, -0.1) is 0 Å². The van der Waals surface area contributed by atoms with Crippen LogP contribution in [0, 0.1) is 0 Å². The van der Waals surface area contributed by atoms with E-state index in [1.165, 1.54) is 17.0 Å². The minimum absolute atomic E-state index is 0.355. The lowest BCUT2D eigenvalue weighted by atomic mass is 10.0. The van der Waals surface area contributed by atoms with E-state index in [1.807, 2.05) is 0 Å². The van der Waals surface area contributed by atoms with E-state index in [1.54, 1.807) is 0 Å². The summed E-state index contributed by atoms with van der Waals surface area (Å²) in [6.07, 6.45) is 1.98. The Morgan fingerprint density at radius 1 is 1.15 bits per heavy atom. The molecule has 0 aliphatic rings. The Morgan fingerprint density at radius 3 is 2.50 bits per heavy atom. The van der Waals surface area contributed by atoms with Crippen molar-refractivity contribution in [1.29, 1.82) is 0 Å². The van der Waals surface area contributed by atoms with E-state index < -0.39 is 0 Å². The third-order valence-electron chi connectivity index (χ3n) is 3.64. The molecule has 0 amide bonds. The Labute approximate surface area is 122 Å². The van der Waals surface area contributed by atoms with Crippen LogP contribution in [-0.4, -0.2) is 16.3 Å². The maximum Gasteiger partial charge on any atom is 0.0624 e. The first-order valence-corrected chi connectivity index (χ1v) is 7.62. The lowest BCUT2D eigenvalue weighted by Crippen LogP contribution is -2.24. The molecule has 0 spiro atoms. The van der Waals surface area contributed by atoms with Gasteiger partial charge >= 0.3 is 0 Å². The van der Waals surface area contributed by atoms with Crippen molar-refractivity contribution in [2.24, 2.45) is 0 Å². The van der Waals surface area contributed by atoms with Gasteiger partial charge in [-0.05, 0) is 31.5 Å². The average Bonchev–Trinajstić information content (AvgIpc) is 2.90. The van der Waals surface area contributed by atoms with Crippen LogP contribution in [0.2, 0.25) is 0 Å². The molecule has 0 saturated heterocycles. The third kappa shape index (κ3) is 3.48. The molecule has 0 aliphatic carbocycles. The second kappa shape index (κ2) is 7.25. The van der Waals surface area contributed by atoms with Crippen LogP contribution >= 0.6 is 0 Å². The SMILES string of the molecule is CCNC(Cc1cc(CC)nn1CC)c1ccccc1. The molecule has 1 N–H and O–H groups in total. The number of hydrogen-bond acceptors (Lipinski definition) is 2. The van der Waals surface area contributed by atoms with Crippen molar-refractivity contribution in [3.8, 4) is 0 Å². The van der Waals surface area contributed by atoms with E-state index in [4.69, 9.17) is 0 Å². The molecule has 20 heavy (non-hydrogen) atoms. The summed E-state index contributed by atoms with van der Waals surface area (Å²) >= 11 is 0. The highest BCUT2D eigenvalue weighted by molar-refractivity contribution is 5.22. The van der Waals surface area contributed by atoms with Gasteiger partial charge in [0.2, 0.25) is 0 Å². The molecule has 2 aromatic rings. The molecule has 1 aromatic carbocycles. The minimum atomic E-state index is 0.355. The van der Waals surface area contributed by atoms with Crippen molar-refractivity contribution < 1.29 is 0 Å². The smallest absolute Gasteiger partial charge is 0.0624 e. The molecule has 0 radical (unpaired) electrons. The summed E-state index contributed by atoms with van der Waals surface area (Å²) in [6, 6.07) is 13.3. The predicted molar refractivity (Wildman–Crippen MR) is 83.8 cm³/mol. The van der Waals surface area contributed by atoms with E-state index in [9.17, 15) is 0 Å². The fourth-order valence-electron chi connectivity index (χ4n) is 2.57. The van der Waals surface area contributed by atoms with Crippen LogP contribution < -0.4 is 5.32 Å². The van der Waals surface area contributed by atoms with E-state index in [0.717, 1.165) is 25.9 Å². The standard InChI is InChI=1S/C17H25N3/c1-4-15-12-16(20(6-3)19-15)13-17(18-5-2)14-10-8-7-9-11-14/h7-12,17-18H,4-6,13H2,1-3H3. The molecule has 1 unspecified atom stereocenters. The fraction of sp³-hybridized carbons (Fsp3) is 0.471. The van der Waals surface area contributed by atoms with E-state index in [2.05, 4.69) is 72.3 Å². The second-order valence-electron chi connectivity index (χ2n) is 5.02. The van der Waals surface area contributed by atoms with Gasteiger partial charge in [-0.25, -0.2) is 0 Å². The Bertz CT molecular complexity index is 516. The van der Waals surface area contributed by atoms with Gasteiger partial charge in [0.25, 0.3) is 0 Å². The number of aryl methyl sites for hydroxylation is 2. The van der Waals surface area contributed by atoms with Crippen LogP contribution in [-0.2, 0) is 19.4 Å². The van der Waals surface area contributed by atoms with Crippen LogP contribution in [0.15, 0.2) is 36.4 Å². The molecule has 1 heterocycles. The van der Waals surface area contributed by atoms with E-state index in [0.29, 0.717) is 6.04 Å². The fourth-order valence-corrected chi connectivity index (χ4v) is 2.57. The maximum absolute atomic E-state index is 4.64. The molecule has 2 rings (SSSR count). The molecule has 0 saturated carbocycles. The maximum atomic E-state index is 4.64. The second-order valence-corrected chi connectivity index (χ2v) is 5.02. The number of aromatic nitrogens is 2. The summed E-state index contributed by atoms with van der Waals surface area (Å²) in [5.74, 6) is 0. The minimum Gasteiger partial charge on any atom is -0.310 e. The number of likely N-dealkylation sites (N-methyl/N-ethyl adjacent to an activating group) is 1. The molecule has 0 fully saturated rings. The van der Waals surface area contributed by atoms with Crippen LogP contribution in [0.25, 0.3) is 0 Å². The highest BCUT2D eigenvalue weighted by Crippen LogP contribution is 2.19. The normalized spacial score (nSPS) is 12.6. The molecular weight excluding hydrogens is 246 g/mol. The first kappa shape index (κ1) is 14.8. The van der Waals surface area contributed by atoms with Gasteiger partial charge in [-0.2, -0.15) is 5.10 Å². The van der Waals surface area contributed by atoms with Crippen LogP contribution in [0.5, 0.6) is 0 Å². The lowest BCUT2D eigenvalue weighted by molar-refractivity contribution is 0.516. The Kier molecular flexibility index (Phi) is 5.36. The van der Waals surface area contributed by atoms with Crippen LogP contribution in [0.3, 0.4) is 0 Å². The lowest BCUT2D eigenvalue weighted by Gasteiger charge is -2.18. The zero-order valence-electron chi connectivity index (χ0n) is 12.8. The zero-order valence-corrected chi connectivity index (χ0v) is 12.8. The summed E-state index contributed by atoms with van der Waals surface area (Å²) in [6.45, 7) is 8.37. The van der Waals surface area contributed by atoms with E-state index in [-0.39, 0.29) is 0 Å². The van der Waals surface area contributed by atoms with Gasteiger partial charge in [0, 0.05) is 24.7 Å². The molecule has 1 atom stereocenters. The molecule has 0 aliphatic heterocycles. The van der Waals surface area contributed by atoms with Gasteiger partial charge < -0.3 is 5.32 Å². The number of nitrogens with one attached hydrogen (secondary N) is 1. The van der Waals surface area contributed by atoms with Gasteiger partial charge in [-0.3, -0.25) is 4.68 Å². The number of rotatable bonds is 7. The van der Waals surface area contributed by atoms with Crippen molar-refractivity contribution >= 4 is 0 Å². The molecular formula is C17H25N3. The van der Waals surface area contributed by atoms with Gasteiger partial charge in [-0.1, -0.05) is 44.2 Å². The van der Waals surface area contributed by atoms with Crippen molar-refractivity contribution in [3.05, 3.63) is 53.3 Å². The monoisotopic (exact) mass is 271 g/mol. The van der Waals surface area contributed by atoms with Gasteiger partial charge in [0.05, 0.1) is 5.69 Å². The molecule has 3 heteroatoms. The molecule has 0 bridgehead atoms. The Morgan fingerprint density at radius 2 is 1.90 bits per heavy atom. The van der Waals surface area contributed by atoms with Crippen LogP contribution in [0.1, 0.15) is 43.8 Å². The topological polar surface area (TPSA) is 29.9 Å². The van der Waals surface area contributed by atoms with Crippen molar-refractivity contribution in [2.75, 3.05) is 6.54 Å². The first-order valence-electron chi connectivity index (χ1n) is 7.62. The molecule has 1 aromatic heterocycles. The summed E-state index contributed by atoms with van der Waals surface area (Å²) in [4.78, 5) is 0. The van der Waals surface area contributed by atoms with Crippen molar-refractivity contribution in [2.45, 2.75) is 46.2 Å². The average molecular weight is 271 g/mol. The summed E-state index contributed by atoms with van der Waals surface area (Å²) < 4.78 is 2.13. The predicted octanol–water partition coefficient (Wildman–Crippen LogP) is 3.36. The highest BCUT2D eigenvalue weighted by atomic mass is 15.3. The summed E-state index contributed by atoms with van der Waals surface area (Å²) in [7, 11) is 0. The molecule has 3 nitrogen and oxygen atoms in total. The van der Waals surface area contributed by atoms with Crippen LogP contribution in [0.4, 0.5) is 0 Å². The Hall–Kier alpha value is -1.61.